The van der Waals surface area contributed by atoms with Crippen LogP contribution in [0, 0.1) is 30.1 Å². The highest BCUT2D eigenvalue weighted by atomic mass is 35.5. The summed E-state index contributed by atoms with van der Waals surface area (Å²) in [6.45, 7) is 8.67. The molecule has 0 unspecified atom stereocenters. The van der Waals surface area contributed by atoms with Gasteiger partial charge in [-0.2, -0.15) is 13.2 Å². The molecular weight excluding hydrogens is 1310 g/mol. The fourth-order valence-corrected chi connectivity index (χ4v) is 15.5. The second-order valence-corrected chi connectivity index (χ2v) is 29.2. The van der Waals surface area contributed by atoms with E-state index in [2.05, 4.69) is 21.9 Å². The third-order valence-corrected chi connectivity index (χ3v) is 22.1. The van der Waals surface area contributed by atoms with Crippen LogP contribution < -0.4 is 16.0 Å². The third-order valence-electron chi connectivity index (χ3n) is 21.8. The molecule has 1 aromatic rings. The fraction of sp³-hybridized carbons (Fsp3) is 0.718. The highest BCUT2D eigenvalue weighted by Gasteiger charge is 2.51. The maximum absolute atomic E-state index is 15.4. The van der Waals surface area contributed by atoms with E-state index in [-0.39, 0.29) is 70.4 Å². The van der Waals surface area contributed by atoms with E-state index in [9.17, 15) is 51.5 Å². The van der Waals surface area contributed by atoms with Gasteiger partial charge in [0.15, 0.2) is 0 Å². The van der Waals surface area contributed by atoms with Gasteiger partial charge in [-0.3, -0.25) is 57.5 Å². The number of halogens is 4. The van der Waals surface area contributed by atoms with Crippen molar-refractivity contribution < 1.29 is 70.7 Å². The van der Waals surface area contributed by atoms with Gasteiger partial charge >= 0.3 is 6.18 Å². The van der Waals surface area contributed by atoms with Crippen molar-refractivity contribution in [1.29, 1.82) is 0 Å². The Morgan fingerprint density at radius 3 is 1.90 bits per heavy atom. The number of carbonyl (C=O) groups excluding carboxylic acids is 12. The molecule has 1 spiro atoms. The number of hydrogen-bond acceptors (Lipinski definition) is 12. The first-order valence-corrected chi connectivity index (χ1v) is 35.8. The lowest BCUT2D eigenvalue weighted by atomic mass is 9.84. The van der Waals surface area contributed by atoms with E-state index in [4.69, 9.17) is 18.0 Å². The van der Waals surface area contributed by atoms with Crippen LogP contribution in [-0.4, -0.2) is 250 Å². The Labute approximate surface area is 585 Å². The van der Waals surface area contributed by atoms with E-state index in [1.807, 2.05) is 0 Å². The topological polar surface area (TPSA) is 270 Å². The first kappa shape index (κ1) is 78.8. The van der Waals surface area contributed by atoms with Gasteiger partial charge in [0, 0.05) is 74.9 Å². The van der Waals surface area contributed by atoms with Crippen molar-refractivity contribution in [3.8, 4) is 12.3 Å². The number of likely N-dealkylation sites (tertiary alicyclic amines) is 1. The number of amides is 12. The number of hydrogen-bond donors (Lipinski definition) is 3. The van der Waals surface area contributed by atoms with Gasteiger partial charge in [-0.1, -0.05) is 96.7 Å². The largest absolute Gasteiger partial charge is 0.417 e. The van der Waals surface area contributed by atoms with Gasteiger partial charge in [0.2, 0.25) is 70.9 Å². The van der Waals surface area contributed by atoms with Crippen molar-refractivity contribution in [3.05, 3.63) is 34.3 Å². The molecule has 0 bridgehead atoms. The normalized spacial score (nSPS) is 27.8. The van der Waals surface area contributed by atoms with E-state index in [0.29, 0.717) is 57.2 Å². The summed E-state index contributed by atoms with van der Waals surface area (Å²) < 4.78 is 41.6. The number of rotatable bonds is 10. The van der Waals surface area contributed by atoms with Gasteiger partial charge < -0.3 is 60.0 Å². The number of nitrogens with one attached hydrogen (secondary N) is 3. The van der Waals surface area contributed by atoms with Crippen LogP contribution in [0.1, 0.15) is 174 Å². The number of benzene rings is 1. The summed E-state index contributed by atoms with van der Waals surface area (Å²) in [6, 6.07) is -8.27. The second kappa shape index (κ2) is 34.2. The molecule has 6 aliphatic rings. The molecule has 0 radical (unpaired) electrons. The van der Waals surface area contributed by atoms with Crippen molar-refractivity contribution >= 4 is 82.5 Å². The zero-order chi connectivity index (χ0) is 73.1. The predicted molar refractivity (Wildman–Crippen MR) is 363 cm³/mol. The minimum Gasteiger partial charge on any atom is -0.343 e. The summed E-state index contributed by atoms with van der Waals surface area (Å²) in [5.74, 6) is -6.77. The SMILES string of the molecule is C#CC[C@H]1C(=O)N[C@@H]([C@@H](C)CC)C(=O)N(C)[C@@H](C)C(=O)N2CC[C@H]2C(=O)N(C)[C@@H](CC2CCCCC2)C(=O)N(C)CC(=O)N[C@@H](CCc2ccc(C(F)(F)F)c(Cl)c2)C(=O)N2CCC[C@H]2C(=O)NC2(CCCC2)C(=O)N(C)[C@@H](C(C)C)C(=O)N(C)[C@H](C(=O)N2CCCCC2)CC(=O)N1C. The Kier molecular flexibility index (Phi) is 27.3. The van der Waals surface area contributed by atoms with Crippen molar-refractivity contribution in [2.24, 2.45) is 17.8 Å². The Morgan fingerprint density at radius 2 is 1.31 bits per heavy atom. The average molecular weight is 1410 g/mol. The molecule has 28 heteroatoms. The zero-order valence-corrected chi connectivity index (χ0v) is 60.3. The summed E-state index contributed by atoms with van der Waals surface area (Å²) >= 11 is 6.15. The molecule has 24 nitrogen and oxygen atoms in total. The van der Waals surface area contributed by atoms with E-state index in [0.717, 1.165) is 65.4 Å². The molecule has 7 rings (SSSR count). The summed E-state index contributed by atoms with van der Waals surface area (Å²) in [4.78, 5) is 190. The number of piperidine rings is 1. The molecule has 4 aliphatic heterocycles. The highest BCUT2D eigenvalue weighted by Crippen LogP contribution is 2.37. The molecule has 4 heterocycles. The van der Waals surface area contributed by atoms with E-state index < -0.39 is 172 Å². The highest BCUT2D eigenvalue weighted by molar-refractivity contribution is 6.31. The van der Waals surface area contributed by atoms with Crippen molar-refractivity contribution in [1.82, 2.24) is 60.0 Å². The quantitative estimate of drug-likeness (QED) is 0.261. The van der Waals surface area contributed by atoms with Crippen molar-refractivity contribution in [2.45, 2.75) is 236 Å². The van der Waals surface area contributed by atoms with Crippen LogP contribution in [0.4, 0.5) is 13.2 Å². The van der Waals surface area contributed by atoms with Crippen LogP contribution in [0.2, 0.25) is 5.02 Å². The minimum absolute atomic E-state index is 0.0147. The van der Waals surface area contributed by atoms with Gasteiger partial charge in [0.1, 0.15) is 59.9 Å². The maximum atomic E-state index is 15.4. The summed E-state index contributed by atoms with van der Waals surface area (Å²) in [6.07, 6.45) is 8.89. The van der Waals surface area contributed by atoms with Crippen molar-refractivity contribution in [3.63, 3.8) is 0 Å². The molecule has 3 N–H and O–H groups in total. The van der Waals surface area contributed by atoms with E-state index >= 15 is 19.2 Å². The zero-order valence-electron chi connectivity index (χ0n) is 59.6. The Bertz CT molecular complexity index is 3200. The van der Waals surface area contributed by atoms with Gasteiger partial charge in [-0.15, -0.1) is 12.3 Å². The van der Waals surface area contributed by atoms with Gasteiger partial charge in [0.25, 0.3) is 0 Å². The monoisotopic (exact) mass is 1410 g/mol. The first-order chi connectivity index (χ1) is 46.7. The Hall–Kier alpha value is -7.50. The summed E-state index contributed by atoms with van der Waals surface area (Å²) in [5.41, 5.74) is -2.38. The summed E-state index contributed by atoms with van der Waals surface area (Å²) in [5, 5.41) is 8.01. The standard InChI is InChI=1S/C71H104ClF3N12O12/c1-13-24-51-60(90)77-58(44(5)14-2)67(97)80(8)45(6)62(92)87-38-32-53(87)65(95)82(10)54(40-46-25-17-15-18-26-46)64(94)79(7)42-56(88)76-50(31-29-47-28-30-48(49(72)39-47)71(73,74)75)63(93)86-37-23-27-52(86)61(91)78-70(33-19-20-34-70)69(99)84(12)59(43(3)4)68(98)83(11)55(41-57(89)81(51)9)66(96)85-35-21-16-22-36-85/h1,28,30,39,43-46,50-55,58-59H,14-27,29,31-38,40-42H2,2-12H3,(H,76,88)(H,77,90)(H,78,91)/t44-,45-,50-,51-,52-,53-,54-,55-,58-,59-/m0/s1. The number of carbonyl (C=O) groups is 12. The summed E-state index contributed by atoms with van der Waals surface area (Å²) in [7, 11) is 8.39. The first-order valence-electron chi connectivity index (χ1n) is 35.4. The fourth-order valence-electron chi connectivity index (χ4n) is 15.1. The molecule has 548 valence electrons. The average Bonchev–Trinajstić information content (AvgIpc) is 1.76. The lowest BCUT2D eigenvalue weighted by molar-refractivity contribution is -0.160. The Balaban J connectivity index is 1.28. The van der Waals surface area contributed by atoms with E-state index in [1.165, 1.54) is 79.8 Å². The van der Waals surface area contributed by atoms with Crippen LogP contribution in [0.25, 0.3) is 0 Å². The van der Waals surface area contributed by atoms with Crippen LogP contribution in [0.15, 0.2) is 18.2 Å². The molecule has 12 amide bonds. The maximum Gasteiger partial charge on any atom is 0.417 e. The second-order valence-electron chi connectivity index (χ2n) is 28.8. The van der Waals surface area contributed by atoms with Gasteiger partial charge in [0.05, 0.1) is 23.6 Å². The molecule has 99 heavy (non-hydrogen) atoms. The number of alkyl halides is 3. The molecule has 4 saturated heterocycles. The molecule has 2 saturated carbocycles. The molecule has 6 fully saturated rings. The lowest BCUT2D eigenvalue weighted by Crippen LogP contribution is -2.65. The van der Waals surface area contributed by atoms with E-state index in [1.54, 1.807) is 32.6 Å². The van der Waals surface area contributed by atoms with Crippen LogP contribution in [-0.2, 0) is 70.1 Å². The lowest BCUT2D eigenvalue weighted by Gasteiger charge is -2.45. The minimum atomic E-state index is -4.76. The Morgan fingerprint density at radius 1 is 0.677 bits per heavy atom. The molecule has 2 aliphatic carbocycles. The van der Waals surface area contributed by atoms with Gasteiger partial charge in [-0.25, -0.2) is 0 Å². The number of nitrogens with zero attached hydrogens (tertiary/aromatic N) is 9. The van der Waals surface area contributed by atoms with Crippen LogP contribution in [0.5, 0.6) is 0 Å². The van der Waals surface area contributed by atoms with Gasteiger partial charge in [-0.05, 0) is 113 Å². The predicted octanol–water partition coefficient (Wildman–Crippen LogP) is 5.01. The molecule has 1 aromatic carbocycles. The third kappa shape index (κ3) is 18.4. The molecular formula is C71H104ClF3N12O12. The molecule has 0 aromatic heterocycles. The number of aryl methyl sites for hydroxylation is 1. The smallest absolute Gasteiger partial charge is 0.343 e. The number of likely N-dealkylation sites (N-methyl/N-ethyl adjacent to an activating group) is 6. The van der Waals surface area contributed by atoms with Crippen LogP contribution in [0.3, 0.4) is 0 Å². The van der Waals surface area contributed by atoms with Crippen LogP contribution >= 0.6 is 11.6 Å². The number of terminal acetylenes is 1. The number of fused-ring (bicyclic) bond motifs is 2. The van der Waals surface area contributed by atoms with Crippen molar-refractivity contribution in [2.75, 3.05) is 75.0 Å². The molecule has 10 atom stereocenters.